The van der Waals surface area contributed by atoms with Crippen LogP contribution in [0, 0.1) is 0 Å². The molecule has 2 fully saturated rings. The lowest BCUT2D eigenvalue weighted by atomic mass is 9.99. The van der Waals surface area contributed by atoms with E-state index < -0.39 is 35.6 Å². The number of amides is 3. The molecule has 3 atom stereocenters. The van der Waals surface area contributed by atoms with Gasteiger partial charge in [0, 0.05) is 44.1 Å². The molecule has 0 spiro atoms. The molecule has 12 heteroatoms. The van der Waals surface area contributed by atoms with Crippen LogP contribution in [-0.4, -0.2) is 35.0 Å². The number of carbonyl (C=O) groups excluding carboxylic acids is 2. The molecule has 0 aliphatic carbocycles. The first-order valence-electron chi connectivity index (χ1n) is 11.7. The molecule has 2 aliphatic heterocycles. The number of hydrogen-bond acceptors (Lipinski definition) is 3. The van der Waals surface area contributed by atoms with Gasteiger partial charge in [0.2, 0.25) is 5.91 Å². The highest BCUT2D eigenvalue weighted by Crippen LogP contribution is 2.41. The summed E-state index contributed by atoms with van der Waals surface area (Å²) in [5.74, 6) is -0.676. The average molecular weight is 529 g/mol. The third-order valence-corrected chi connectivity index (χ3v) is 6.57. The van der Waals surface area contributed by atoms with Crippen molar-refractivity contribution in [2.24, 2.45) is 0 Å². The molecule has 0 aromatic heterocycles. The van der Waals surface area contributed by atoms with Gasteiger partial charge < -0.3 is 20.3 Å². The van der Waals surface area contributed by atoms with Gasteiger partial charge in [-0.05, 0) is 54.8 Å². The Balaban J connectivity index is 1.42. The first-order chi connectivity index (χ1) is 17.3. The monoisotopic (exact) mass is 529 g/mol. The lowest BCUT2D eigenvalue weighted by Gasteiger charge is -2.39. The number of hydrogen-bond donors (Lipinski definition) is 2. The Hall–Kier alpha value is -3.44. The number of nitrogens with one attached hydrogen (secondary N) is 2. The van der Waals surface area contributed by atoms with Crippen LogP contribution in [0.3, 0.4) is 0 Å². The maximum Gasteiger partial charge on any atom is 0.419 e. The van der Waals surface area contributed by atoms with Crippen LogP contribution in [0.15, 0.2) is 42.5 Å². The van der Waals surface area contributed by atoms with Gasteiger partial charge in [-0.2, -0.15) is 26.3 Å². The highest BCUT2D eigenvalue weighted by atomic mass is 19.4. The minimum Gasteiger partial charge on any atom is -0.490 e. The summed E-state index contributed by atoms with van der Waals surface area (Å²) >= 11 is 0. The van der Waals surface area contributed by atoms with Crippen molar-refractivity contribution in [3.05, 3.63) is 59.2 Å². The highest BCUT2D eigenvalue weighted by molar-refractivity contribution is 5.90. The summed E-state index contributed by atoms with van der Waals surface area (Å²) in [5.41, 5.74) is -1.27. The summed E-state index contributed by atoms with van der Waals surface area (Å²) in [4.78, 5) is 25.6. The summed E-state index contributed by atoms with van der Waals surface area (Å²) in [5, 5.41) is 5.07. The number of piperidine rings is 1. The Bertz CT molecular complexity index is 1140. The molecule has 37 heavy (non-hydrogen) atoms. The number of nitrogens with zero attached hydrogens (tertiary/aromatic N) is 1. The van der Waals surface area contributed by atoms with Crippen LogP contribution in [0.2, 0.25) is 0 Å². The third kappa shape index (κ3) is 6.28. The number of fused-ring (bicyclic) bond motifs is 2. The quantitative estimate of drug-likeness (QED) is 0.469. The van der Waals surface area contributed by atoms with Crippen molar-refractivity contribution in [2.75, 3.05) is 5.32 Å². The van der Waals surface area contributed by atoms with Crippen molar-refractivity contribution in [2.45, 2.75) is 69.7 Å². The van der Waals surface area contributed by atoms with E-state index in [1.807, 2.05) is 0 Å². The Kier molecular flexibility index (Phi) is 7.29. The number of alkyl halides is 6. The van der Waals surface area contributed by atoms with Crippen LogP contribution in [-0.2, 0) is 23.7 Å². The van der Waals surface area contributed by atoms with Crippen molar-refractivity contribution in [3.63, 3.8) is 0 Å². The lowest BCUT2D eigenvalue weighted by Crippen LogP contribution is -2.50. The maximum atomic E-state index is 13.7. The van der Waals surface area contributed by atoms with E-state index in [0.29, 0.717) is 25.7 Å². The summed E-state index contributed by atoms with van der Waals surface area (Å²) in [6, 6.07) is 6.75. The van der Waals surface area contributed by atoms with Crippen LogP contribution >= 0.6 is 0 Å². The zero-order chi connectivity index (χ0) is 27.0. The standard InChI is InChI=1S/C25H25F6N3O3/c1-14(35)32-13-15-2-9-22(21(10-15)25(29,30)31)37-20-11-18-7-8-19(12-20)34(18)23(36)33-17-5-3-16(4-6-17)24(26,27)28/h2-6,9-10,18-20H,7-8,11-13H2,1H3,(H,32,35)(H,33,36)/t18-,19+,20+. The minimum absolute atomic E-state index is 0.0464. The number of anilines is 1. The minimum atomic E-state index is -4.66. The highest BCUT2D eigenvalue weighted by Gasteiger charge is 2.45. The molecule has 2 N–H and O–H groups in total. The van der Waals surface area contributed by atoms with Crippen LogP contribution in [0.1, 0.15) is 49.3 Å². The SMILES string of the molecule is CC(=O)NCc1ccc(O[C@H]2C[C@H]3CC[C@@H](C2)N3C(=O)Nc2ccc(C(F)(F)F)cc2)c(C(F)(F)F)c1. The number of benzene rings is 2. The van der Waals surface area contributed by atoms with E-state index in [4.69, 9.17) is 4.74 Å². The fourth-order valence-electron chi connectivity index (χ4n) is 4.90. The fraction of sp³-hybridized carbons (Fsp3) is 0.440. The number of carbonyl (C=O) groups is 2. The van der Waals surface area contributed by atoms with E-state index in [-0.39, 0.29) is 41.5 Å². The molecule has 2 aliphatic rings. The summed E-state index contributed by atoms with van der Waals surface area (Å²) < 4.78 is 85.3. The molecule has 6 nitrogen and oxygen atoms in total. The third-order valence-electron chi connectivity index (χ3n) is 6.57. The fourth-order valence-corrected chi connectivity index (χ4v) is 4.90. The molecular weight excluding hydrogens is 504 g/mol. The molecule has 2 saturated heterocycles. The van der Waals surface area contributed by atoms with Gasteiger partial charge in [0.25, 0.3) is 0 Å². The van der Waals surface area contributed by atoms with Gasteiger partial charge >= 0.3 is 18.4 Å². The number of ether oxygens (including phenoxy) is 1. The Morgan fingerprint density at radius 3 is 2.11 bits per heavy atom. The van der Waals surface area contributed by atoms with E-state index in [9.17, 15) is 35.9 Å². The van der Waals surface area contributed by atoms with Crippen LogP contribution in [0.25, 0.3) is 0 Å². The summed E-state index contributed by atoms with van der Waals surface area (Å²) in [6.07, 6.45) is -7.76. The average Bonchev–Trinajstić information content (AvgIpc) is 3.08. The van der Waals surface area contributed by atoms with E-state index in [1.165, 1.54) is 31.2 Å². The van der Waals surface area contributed by atoms with E-state index in [0.717, 1.165) is 18.2 Å². The largest absolute Gasteiger partial charge is 0.490 e. The second kappa shape index (κ2) is 10.1. The summed E-state index contributed by atoms with van der Waals surface area (Å²) in [6.45, 7) is 1.22. The Morgan fingerprint density at radius 1 is 0.946 bits per heavy atom. The predicted octanol–water partition coefficient (Wildman–Crippen LogP) is 5.97. The zero-order valence-corrected chi connectivity index (χ0v) is 19.7. The molecule has 2 heterocycles. The van der Waals surface area contributed by atoms with E-state index in [1.54, 1.807) is 4.90 Å². The van der Waals surface area contributed by atoms with Gasteiger partial charge in [-0.1, -0.05) is 6.07 Å². The normalized spacial score (nSPS) is 21.5. The number of urea groups is 1. The van der Waals surface area contributed by atoms with Crippen molar-refractivity contribution in [1.82, 2.24) is 10.2 Å². The molecular formula is C25H25F6N3O3. The number of halogens is 6. The van der Waals surface area contributed by atoms with Gasteiger partial charge in [0.15, 0.2) is 0 Å². The molecule has 3 amide bonds. The van der Waals surface area contributed by atoms with Gasteiger partial charge in [-0.25, -0.2) is 4.79 Å². The Labute approximate surface area is 209 Å². The molecule has 0 saturated carbocycles. The van der Waals surface area contributed by atoms with Crippen molar-refractivity contribution < 1.29 is 40.7 Å². The maximum absolute atomic E-state index is 13.7. The lowest BCUT2D eigenvalue weighted by molar-refractivity contribution is -0.139. The molecule has 2 bridgehead atoms. The topological polar surface area (TPSA) is 70.7 Å². The van der Waals surface area contributed by atoms with Crippen LogP contribution < -0.4 is 15.4 Å². The molecule has 0 unspecified atom stereocenters. The van der Waals surface area contributed by atoms with Crippen LogP contribution in [0.5, 0.6) is 5.75 Å². The summed E-state index contributed by atoms with van der Waals surface area (Å²) in [7, 11) is 0. The molecule has 4 rings (SSSR count). The second-order valence-corrected chi connectivity index (χ2v) is 9.25. The van der Waals surface area contributed by atoms with Crippen LogP contribution in [0.4, 0.5) is 36.8 Å². The predicted molar refractivity (Wildman–Crippen MR) is 122 cm³/mol. The van der Waals surface area contributed by atoms with E-state index in [2.05, 4.69) is 10.6 Å². The van der Waals surface area contributed by atoms with E-state index >= 15 is 0 Å². The van der Waals surface area contributed by atoms with Crippen molar-refractivity contribution >= 4 is 17.6 Å². The molecule has 2 aromatic rings. The van der Waals surface area contributed by atoms with Crippen molar-refractivity contribution in [1.29, 1.82) is 0 Å². The first-order valence-corrected chi connectivity index (χ1v) is 11.7. The smallest absolute Gasteiger partial charge is 0.419 e. The first kappa shape index (κ1) is 26.6. The molecule has 2 aromatic carbocycles. The Morgan fingerprint density at radius 2 is 1.57 bits per heavy atom. The van der Waals surface area contributed by atoms with Gasteiger partial charge in [0.05, 0.1) is 11.1 Å². The van der Waals surface area contributed by atoms with Gasteiger partial charge in [-0.15, -0.1) is 0 Å². The van der Waals surface area contributed by atoms with Gasteiger partial charge in [-0.3, -0.25) is 4.79 Å². The number of rotatable bonds is 5. The molecule has 0 radical (unpaired) electrons. The zero-order valence-electron chi connectivity index (χ0n) is 19.7. The van der Waals surface area contributed by atoms with Gasteiger partial charge in [0.1, 0.15) is 11.9 Å². The second-order valence-electron chi connectivity index (χ2n) is 9.25. The van der Waals surface area contributed by atoms with Crippen molar-refractivity contribution in [3.8, 4) is 5.75 Å². The molecule has 200 valence electrons.